The fourth-order valence-corrected chi connectivity index (χ4v) is 3.38. The molecule has 2 saturated heterocycles. The van der Waals surface area contributed by atoms with Gasteiger partial charge in [-0.3, -0.25) is 14.8 Å². The van der Waals surface area contributed by atoms with Crippen LogP contribution in [-0.4, -0.2) is 106 Å². The SMILES string of the molecule is CN=C(NCC1CN(C)CCN1C)NC1CCN(CC(F)F)CC1.I. The van der Waals surface area contributed by atoms with Crippen LogP contribution in [0.25, 0.3) is 0 Å². The van der Waals surface area contributed by atoms with Crippen LogP contribution in [0, 0.1) is 0 Å². The van der Waals surface area contributed by atoms with Gasteiger partial charge < -0.3 is 15.5 Å². The summed E-state index contributed by atoms with van der Waals surface area (Å²) in [6.45, 7) is 5.41. The highest BCUT2D eigenvalue weighted by atomic mass is 127. The van der Waals surface area contributed by atoms with Gasteiger partial charge in [0, 0.05) is 58.4 Å². The minimum Gasteiger partial charge on any atom is -0.355 e. The summed E-state index contributed by atoms with van der Waals surface area (Å²) in [6.07, 6.45) is -0.492. The molecular weight excluding hydrogens is 441 g/mol. The van der Waals surface area contributed by atoms with E-state index in [2.05, 4.69) is 39.5 Å². The molecule has 0 aromatic carbocycles. The first-order chi connectivity index (χ1) is 11.5. The summed E-state index contributed by atoms with van der Waals surface area (Å²) in [5, 5.41) is 6.86. The predicted octanol–water partition coefficient (Wildman–Crippen LogP) is 0.745. The molecule has 0 aliphatic carbocycles. The number of guanidine groups is 1. The first-order valence-corrected chi connectivity index (χ1v) is 8.84. The number of hydrogen-bond acceptors (Lipinski definition) is 4. The summed E-state index contributed by atoms with van der Waals surface area (Å²) in [6, 6.07) is 0.770. The van der Waals surface area contributed by atoms with Gasteiger partial charge in [-0.1, -0.05) is 0 Å². The van der Waals surface area contributed by atoms with E-state index in [0.717, 1.165) is 58.1 Å². The molecule has 25 heavy (non-hydrogen) atoms. The average Bonchev–Trinajstić information content (AvgIpc) is 2.55. The highest BCUT2D eigenvalue weighted by molar-refractivity contribution is 14.0. The summed E-state index contributed by atoms with van der Waals surface area (Å²) in [5.74, 6) is 0.809. The van der Waals surface area contributed by atoms with Crippen LogP contribution in [0.15, 0.2) is 4.99 Å². The molecule has 2 N–H and O–H groups in total. The number of aliphatic imine (C=N–C) groups is 1. The Hall–Kier alpha value is -0.260. The maximum absolute atomic E-state index is 12.4. The lowest BCUT2D eigenvalue weighted by molar-refractivity contribution is 0.0744. The maximum atomic E-state index is 12.4. The van der Waals surface area contributed by atoms with E-state index in [-0.39, 0.29) is 30.5 Å². The lowest BCUT2D eigenvalue weighted by atomic mass is 10.1. The molecule has 0 radical (unpaired) electrons. The summed E-state index contributed by atoms with van der Waals surface area (Å²) >= 11 is 0. The van der Waals surface area contributed by atoms with Gasteiger partial charge in [-0.2, -0.15) is 0 Å². The molecular formula is C16H33F2IN6. The van der Waals surface area contributed by atoms with Crippen molar-refractivity contribution in [3.05, 3.63) is 0 Å². The van der Waals surface area contributed by atoms with Gasteiger partial charge in [0.05, 0.1) is 6.54 Å². The zero-order valence-corrected chi connectivity index (χ0v) is 17.9. The third-order valence-corrected chi connectivity index (χ3v) is 5.03. The zero-order valence-electron chi connectivity index (χ0n) is 15.5. The Morgan fingerprint density at radius 2 is 1.84 bits per heavy atom. The number of likely N-dealkylation sites (N-methyl/N-ethyl adjacent to an activating group) is 2. The van der Waals surface area contributed by atoms with E-state index in [0.29, 0.717) is 12.1 Å². The standard InChI is InChI=1S/C16H32F2N6.HI/c1-19-16(20-10-14-11-22(2)8-9-23(14)3)21-13-4-6-24(7-5-13)12-15(17)18;/h13-15H,4-12H2,1-3H3,(H2,19,20,21);1H. The second-order valence-corrected chi connectivity index (χ2v) is 6.96. The highest BCUT2D eigenvalue weighted by Crippen LogP contribution is 2.12. The first kappa shape index (κ1) is 22.8. The van der Waals surface area contributed by atoms with Crippen molar-refractivity contribution >= 4 is 29.9 Å². The van der Waals surface area contributed by atoms with E-state index in [9.17, 15) is 8.78 Å². The van der Waals surface area contributed by atoms with Crippen LogP contribution in [0.3, 0.4) is 0 Å². The fraction of sp³-hybridized carbons (Fsp3) is 0.938. The lowest BCUT2D eigenvalue weighted by Crippen LogP contribution is -2.56. The monoisotopic (exact) mass is 474 g/mol. The van der Waals surface area contributed by atoms with Crippen molar-refractivity contribution in [1.82, 2.24) is 25.3 Å². The molecule has 0 bridgehead atoms. The van der Waals surface area contributed by atoms with Gasteiger partial charge in [0.15, 0.2) is 5.96 Å². The summed E-state index contributed by atoms with van der Waals surface area (Å²) in [7, 11) is 6.09. The number of piperazine rings is 1. The van der Waals surface area contributed by atoms with Crippen LogP contribution >= 0.6 is 24.0 Å². The van der Waals surface area contributed by atoms with Gasteiger partial charge >= 0.3 is 0 Å². The second kappa shape index (κ2) is 11.5. The number of halogens is 3. The quantitative estimate of drug-likeness (QED) is 0.350. The molecule has 9 heteroatoms. The topological polar surface area (TPSA) is 46.1 Å². The smallest absolute Gasteiger partial charge is 0.251 e. The summed E-state index contributed by atoms with van der Waals surface area (Å²) < 4.78 is 24.8. The molecule has 0 amide bonds. The Bertz CT molecular complexity index is 404. The van der Waals surface area contributed by atoms with Crippen LogP contribution in [0.1, 0.15) is 12.8 Å². The Kier molecular flexibility index (Phi) is 10.4. The van der Waals surface area contributed by atoms with Crippen LogP contribution in [0.4, 0.5) is 8.78 Å². The Balaban J connectivity index is 0.00000312. The van der Waals surface area contributed by atoms with Crippen LogP contribution in [0.5, 0.6) is 0 Å². The van der Waals surface area contributed by atoms with Crippen molar-refractivity contribution in [2.75, 3.05) is 67.0 Å². The molecule has 2 fully saturated rings. The van der Waals surface area contributed by atoms with Crippen molar-refractivity contribution in [2.45, 2.75) is 31.4 Å². The van der Waals surface area contributed by atoms with Crippen molar-refractivity contribution < 1.29 is 8.78 Å². The molecule has 2 rings (SSSR count). The van der Waals surface area contributed by atoms with E-state index >= 15 is 0 Å². The van der Waals surface area contributed by atoms with Gasteiger partial charge in [-0.25, -0.2) is 8.78 Å². The molecule has 0 spiro atoms. The Morgan fingerprint density at radius 1 is 1.16 bits per heavy atom. The summed E-state index contributed by atoms with van der Waals surface area (Å²) in [5.41, 5.74) is 0. The molecule has 0 saturated carbocycles. The number of rotatable bonds is 5. The van der Waals surface area contributed by atoms with Crippen molar-refractivity contribution in [1.29, 1.82) is 0 Å². The van der Waals surface area contributed by atoms with Gasteiger partial charge in [0.2, 0.25) is 0 Å². The van der Waals surface area contributed by atoms with Gasteiger partial charge in [0.25, 0.3) is 6.43 Å². The molecule has 1 atom stereocenters. The molecule has 1 unspecified atom stereocenters. The Morgan fingerprint density at radius 3 is 2.44 bits per heavy atom. The van der Waals surface area contributed by atoms with Gasteiger partial charge in [-0.05, 0) is 26.9 Å². The number of hydrogen-bond donors (Lipinski definition) is 2. The van der Waals surface area contributed by atoms with Crippen LogP contribution in [-0.2, 0) is 0 Å². The maximum Gasteiger partial charge on any atom is 0.251 e. The number of nitrogens with one attached hydrogen (secondary N) is 2. The molecule has 6 nitrogen and oxygen atoms in total. The average molecular weight is 474 g/mol. The number of likely N-dealkylation sites (tertiary alicyclic amines) is 1. The molecule has 0 aromatic rings. The van der Waals surface area contributed by atoms with Crippen molar-refractivity contribution in [2.24, 2.45) is 4.99 Å². The molecule has 0 aromatic heterocycles. The molecule has 2 aliphatic rings. The van der Waals surface area contributed by atoms with E-state index < -0.39 is 6.43 Å². The predicted molar refractivity (Wildman–Crippen MR) is 109 cm³/mol. The number of alkyl halides is 2. The molecule has 148 valence electrons. The van der Waals surface area contributed by atoms with E-state index in [1.807, 2.05) is 4.90 Å². The van der Waals surface area contributed by atoms with Crippen LogP contribution < -0.4 is 10.6 Å². The van der Waals surface area contributed by atoms with E-state index in [1.165, 1.54) is 0 Å². The largest absolute Gasteiger partial charge is 0.355 e. The number of piperidine rings is 1. The fourth-order valence-electron chi connectivity index (χ4n) is 3.38. The van der Waals surface area contributed by atoms with E-state index in [4.69, 9.17) is 0 Å². The van der Waals surface area contributed by atoms with Gasteiger partial charge in [-0.15, -0.1) is 24.0 Å². The third-order valence-electron chi connectivity index (χ3n) is 5.03. The number of nitrogens with zero attached hydrogens (tertiary/aromatic N) is 4. The molecule has 2 aliphatic heterocycles. The minimum absolute atomic E-state index is 0. The van der Waals surface area contributed by atoms with Crippen molar-refractivity contribution in [3.8, 4) is 0 Å². The zero-order chi connectivity index (χ0) is 17.5. The summed E-state index contributed by atoms with van der Waals surface area (Å²) in [4.78, 5) is 10.9. The van der Waals surface area contributed by atoms with Crippen molar-refractivity contribution in [3.63, 3.8) is 0 Å². The lowest BCUT2D eigenvalue weighted by Gasteiger charge is -2.38. The second-order valence-electron chi connectivity index (χ2n) is 6.96. The van der Waals surface area contributed by atoms with Crippen LogP contribution in [0.2, 0.25) is 0 Å². The molecule has 2 heterocycles. The van der Waals surface area contributed by atoms with E-state index in [1.54, 1.807) is 7.05 Å². The first-order valence-electron chi connectivity index (χ1n) is 8.84. The Labute approximate surface area is 167 Å². The van der Waals surface area contributed by atoms with Gasteiger partial charge in [0.1, 0.15) is 0 Å². The third kappa shape index (κ3) is 7.88. The normalized spacial score (nSPS) is 25.0. The minimum atomic E-state index is -2.24. The highest BCUT2D eigenvalue weighted by Gasteiger charge is 2.24.